The molecule has 3 aliphatic rings. The second kappa shape index (κ2) is 5.68. The number of carbonyl (C=O) groups is 3. The fourth-order valence-electron chi connectivity index (χ4n) is 4.29. The molecule has 0 radical (unpaired) electrons. The van der Waals surface area contributed by atoms with E-state index in [4.69, 9.17) is 0 Å². The number of carboxylic acid groups (broad SMARTS) is 2. The number of para-hydroxylation sites is 1. The van der Waals surface area contributed by atoms with Crippen LogP contribution in [0.2, 0.25) is 0 Å². The average molecular weight is 317 g/mol. The van der Waals surface area contributed by atoms with Crippen molar-refractivity contribution < 1.29 is 24.6 Å². The third kappa shape index (κ3) is 2.48. The topological polar surface area (TPSA) is 104 Å². The molecule has 0 saturated heterocycles. The van der Waals surface area contributed by atoms with E-state index in [9.17, 15) is 24.6 Å². The van der Waals surface area contributed by atoms with Gasteiger partial charge in [-0.2, -0.15) is 0 Å². The van der Waals surface area contributed by atoms with Crippen molar-refractivity contribution in [2.45, 2.75) is 25.7 Å². The Morgan fingerprint density at radius 1 is 1.04 bits per heavy atom. The maximum atomic E-state index is 12.7. The first kappa shape index (κ1) is 15.5. The zero-order chi connectivity index (χ0) is 16.6. The Balaban J connectivity index is 1.96. The summed E-state index contributed by atoms with van der Waals surface area (Å²) in [4.78, 5) is 36.3. The van der Waals surface area contributed by atoms with E-state index in [1.54, 1.807) is 30.3 Å². The molecule has 6 heteroatoms. The number of anilines is 1. The Morgan fingerprint density at radius 3 is 2.17 bits per heavy atom. The van der Waals surface area contributed by atoms with E-state index in [1.165, 1.54) is 0 Å². The molecule has 0 heterocycles. The maximum Gasteiger partial charge on any atom is 0.310 e. The van der Waals surface area contributed by atoms with Crippen molar-refractivity contribution in [3.8, 4) is 0 Å². The van der Waals surface area contributed by atoms with Crippen molar-refractivity contribution in [1.82, 2.24) is 0 Å². The van der Waals surface area contributed by atoms with Crippen molar-refractivity contribution >= 4 is 23.5 Å². The Morgan fingerprint density at radius 2 is 1.65 bits per heavy atom. The van der Waals surface area contributed by atoms with Gasteiger partial charge in [0.1, 0.15) is 0 Å². The number of hydrogen-bond acceptors (Lipinski definition) is 3. The molecule has 0 spiro atoms. The molecule has 4 rings (SSSR count). The van der Waals surface area contributed by atoms with Gasteiger partial charge in [-0.15, -0.1) is 0 Å². The number of rotatable bonds is 4. The van der Waals surface area contributed by atoms with Crippen molar-refractivity contribution in [3.63, 3.8) is 0 Å². The van der Waals surface area contributed by atoms with Gasteiger partial charge in [0.15, 0.2) is 0 Å². The molecule has 0 aromatic heterocycles. The average Bonchev–Trinajstić information content (AvgIpc) is 2.55. The van der Waals surface area contributed by atoms with E-state index >= 15 is 0 Å². The number of amides is 1. The maximum absolute atomic E-state index is 12.7. The molecule has 2 unspecified atom stereocenters. The third-order valence-corrected chi connectivity index (χ3v) is 5.42. The van der Waals surface area contributed by atoms with Crippen molar-refractivity contribution in [2.24, 2.45) is 23.2 Å². The van der Waals surface area contributed by atoms with E-state index in [0.29, 0.717) is 31.4 Å². The van der Waals surface area contributed by atoms with E-state index in [1.807, 2.05) is 0 Å². The summed E-state index contributed by atoms with van der Waals surface area (Å²) in [5, 5.41) is 22.0. The summed E-state index contributed by atoms with van der Waals surface area (Å²) in [5.41, 5.74) is -0.722. The summed E-state index contributed by atoms with van der Waals surface area (Å²) in [6, 6.07) is 8.70. The van der Waals surface area contributed by atoms with Gasteiger partial charge in [0.2, 0.25) is 5.91 Å². The van der Waals surface area contributed by atoms with Crippen LogP contribution in [0.1, 0.15) is 25.7 Å². The molecule has 3 fully saturated rings. The highest BCUT2D eigenvalue weighted by Gasteiger charge is 2.62. The molecular weight excluding hydrogens is 298 g/mol. The first-order valence-corrected chi connectivity index (χ1v) is 7.78. The molecule has 1 amide bonds. The second-order valence-corrected chi connectivity index (χ2v) is 6.50. The highest BCUT2D eigenvalue weighted by atomic mass is 16.4. The zero-order valence-corrected chi connectivity index (χ0v) is 12.6. The van der Waals surface area contributed by atoms with Gasteiger partial charge >= 0.3 is 11.9 Å². The normalized spacial score (nSPS) is 32.3. The predicted octanol–water partition coefficient (Wildman–Crippen LogP) is 2.22. The van der Waals surface area contributed by atoms with Gasteiger partial charge < -0.3 is 15.5 Å². The lowest BCUT2D eigenvalue weighted by molar-refractivity contribution is -0.179. The number of nitrogens with one attached hydrogen (secondary N) is 1. The molecule has 2 atom stereocenters. The smallest absolute Gasteiger partial charge is 0.310 e. The van der Waals surface area contributed by atoms with E-state index in [0.717, 1.165) is 0 Å². The Hall–Kier alpha value is -2.37. The largest absolute Gasteiger partial charge is 0.481 e. The number of aliphatic carboxylic acids is 2. The summed E-state index contributed by atoms with van der Waals surface area (Å²) >= 11 is 0. The SMILES string of the molecule is O=C(O)C1C2CCC(C(=O)O)(CC2)C1C(=O)Nc1ccccc1. The Bertz CT molecular complexity index is 634. The molecule has 3 N–H and O–H groups in total. The van der Waals surface area contributed by atoms with Crippen LogP contribution in [-0.4, -0.2) is 28.1 Å². The number of hydrogen-bond donors (Lipinski definition) is 3. The molecule has 1 aromatic rings. The fraction of sp³-hybridized carbons (Fsp3) is 0.471. The third-order valence-electron chi connectivity index (χ3n) is 5.42. The standard InChI is InChI=1S/C17H19NO5/c19-14(18-11-4-2-1-3-5-11)13-12(15(20)21)10-6-8-17(13,9-7-10)16(22)23/h1-5,10,12-13H,6-9H2,(H,18,19)(H,20,21)(H,22,23). The van der Waals surface area contributed by atoms with Gasteiger partial charge in [-0.25, -0.2) is 0 Å². The summed E-state index contributed by atoms with van der Waals surface area (Å²) in [6.07, 6.45) is 1.84. The first-order chi connectivity index (χ1) is 11.0. The molecule has 6 nitrogen and oxygen atoms in total. The second-order valence-electron chi connectivity index (χ2n) is 6.50. The van der Waals surface area contributed by atoms with Crippen LogP contribution in [-0.2, 0) is 14.4 Å². The lowest BCUT2D eigenvalue weighted by Crippen LogP contribution is -2.58. The van der Waals surface area contributed by atoms with Gasteiger partial charge in [0, 0.05) is 5.69 Å². The van der Waals surface area contributed by atoms with Gasteiger partial charge in [0.05, 0.1) is 17.3 Å². The highest BCUT2D eigenvalue weighted by molar-refractivity contribution is 5.99. The number of fused-ring (bicyclic) bond motifs is 3. The van der Waals surface area contributed by atoms with Crippen LogP contribution >= 0.6 is 0 Å². The summed E-state index contributed by atoms with van der Waals surface area (Å²) in [6.45, 7) is 0. The van der Waals surface area contributed by atoms with E-state index < -0.39 is 35.1 Å². The zero-order valence-electron chi connectivity index (χ0n) is 12.6. The molecule has 122 valence electrons. The van der Waals surface area contributed by atoms with Crippen molar-refractivity contribution in [1.29, 1.82) is 0 Å². The minimum absolute atomic E-state index is 0.125. The molecule has 1 aromatic carbocycles. The molecule has 3 saturated carbocycles. The van der Waals surface area contributed by atoms with Crippen molar-refractivity contribution in [2.75, 3.05) is 5.32 Å². The van der Waals surface area contributed by atoms with Gasteiger partial charge in [0.25, 0.3) is 0 Å². The Kier molecular flexibility index (Phi) is 3.83. The lowest BCUT2D eigenvalue weighted by Gasteiger charge is -2.51. The lowest BCUT2D eigenvalue weighted by atomic mass is 9.50. The monoisotopic (exact) mass is 317 g/mol. The van der Waals surface area contributed by atoms with Crippen LogP contribution in [0.3, 0.4) is 0 Å². The Labute approximate surface area is 133 Å². The molecule has 0 aliphatic heterocycles. The summed E-state index contributed by atoms with van der Waals surface area (Å²) in [7, 11) is 0. The summed E-state index contributed by atoms with van der Waals surface area (Å²) < 4.78 is 0. The molecule has 2 bridgehead atoms. The van der Waals surface area contributed by atoms with Crippen LogP contribution in [0.5, 0.6) is 0 Å². The molecular formula is C17H19NO5. The molecule has 3 aliphatic carbocycles. The highest BCUT2D eigenvalue weighted by Crippen LogP contribution is 2.57. The minimum atomic E-state index is -1.27. The van der Waals surface area contributed by atoms with Gasteiger partial charge in [-0.1, -0.05) is 18.2 Å². The van der Waals surface area contributed by atoms with Crippen molar-refractivity contribution in [3.05, 3.63) is 30.3 Å². The van der Waals surface area contributed by atoms with Gasteiger partial charge in [-0.05, 0) is 43.7 Å². The van der Waals surface area contributed by atoms with Gasteiger partial charge in [-0.3, -0.25) is 14.4 Å². The first-order valence-electron chi connectivity index (χ1n) is 7.78. The number of carboxylic acids is 2. The quantitative estimate of drug-likeness (QED) is 0.790. The number of benzene rings is 1. The number of carbonyl (C=O) groups excluding carboxylic acids is 1. The van der Waals surface area contributed by atoms with Crippen LogP contribution < -0.4 is 5.32 Å². The van der Waals surface area contributed by atoms with Crippen LogP contribution in [0, 0.1) is 23.2 Å². The fourth-order valence-corrected chi connectivity index (χ4v) is 4.29. The van der Waals surface area contributed by atoms with Crippen LogP contribution in [0.15, 0.2) is 30.3 Å². The van der Waals surface area contributed by atoms with E-state index in [-0.39, 0.29) is 5.92 Å². The van der Waals surface area contributed by atoms with Crippen LogP contribution in [0.4, 0.5) is 5.69 Å². The summed E-state index contributed by atoms with van der Waals surface area (Å²) in [5.74, 6) is -4.73. The predicted molar refractivity (Wildman–Crippen MR) is 81.7 cm³/mol. The molecule has 23 heavy (non-hydrogen) atoms. The van der Waals surface area contributed by atoms with E-state index in [2.05, 4.69) is 5.32 Å². The minimum Gasteiger partial charge on any atom is -0.481 e. The van der Waals surface area contributed by atoms with Crippen LogP contribution in [0.25, 0.3) is 0 Å².